The molecular weight excluding hydrogens is 343 g/mol. The average Bonchev–Trinajstić information content (AvgIpc) is 2.33. The summed E-state index contributed by atoms with van der Waals surface area (Å²) in [4.78, 5) is 15.5. The molecule has 0 unspecified atom stereocenters. The van der Waals surface area contributed by atoms with Gasteiger partial charge in [0.05, 0.1) is 5.69 Å². The Bertz CT molecular complexity index is 501. The highest BCUT2D eigenvalue weighted by Crippen LogP contribution is 2.06. The maximum Gasteiger partial charge on any atom is 0.323 e. The van der Waals surface area contributed by atoms with Crippen LogP contribution in [0.25, 0.3) is 0 Å². The van der Waals surface area contributed by atoms with Crippen molar-refractivity contribution in [3.05, 3.63) is 49.1 Å². The van der Waals surface area contributed by atoms with Crippen molar-refractivity contribution in [2.75, 3.05) is 10.6 Å². The van der Waals surface area contributed by atoms with Gasteiger partial charge in [0.25, 0.3) is 0 Å². The van der Waals surface area contributed by atoms with Crippen LogP contribution in [0.2, 0.25) is 0 Å². The zero-order valence-electron chi connectivity index (χ0n) is 9.80. The van der Waals surface area contributed by atoms with Crippen molar-refractivity contribution < 1.29 is 33.3 Å². The van der Waals surface area contributed by atoms with Gasteiger partial charge in [-0.3, -0.25) is 4.98 Å². The first-order valence-electron chi connectivity index (χ1n) is 5.17. The number of amides is 2. The lowest BCUT2D eigenvalue weighted by Crippen LogP contribution is -3.00. The van der Waals surface area contributed by atoms with Gasteiger partial charge in [0, 0.05) is 30.2 Å². The van der Waals surface area contributed by atoms with Crippen LogP contribution in [0.3, 0.4) is 0 Å². The molecule has 0 saturated carbocycles. The first-order valence-corrected chi connectivity index (χ1v) is 5.17. The molecule has 0 aromatic carbocycles. The molecule has 2 rings (SSSR count). The number of aromatic nitrogens is 2. The molecule has 2 N–H and O–H groups in total. The van der Waals surface area contributed by atoms with Gasteiger partial charge in [-0.1, -0.05) is 0 Å². The van der Waals surface area contributed by atoms with Crippen LogP contribution < -0.4 is 39.2 Å². The van der Waals surface area contributed by atoms with E-state index in [4.69, 9.17) is 0 Å². The molecule has 0 fully saturated rings. The summed E-state index contributed by atoms with van der Waals surface area (Å²) in [5, 5.41) is 5.44. The number of hydrogen-bond donors (Lipinski definition) is 2. The van der Waals surface area contributed by atoms with Crippen molar-refractivity contribution in [3.63, 3.8) is 0 Å². The summed E-state index contributed by atoms with van der Waals surface area (Å²) in [7, 11) is 1.92. The normalized spacial score (nSPS) is 9.17. The number of anilines is 2. The number of rotatable bonds is 2. The topological polar surface area (TPSA) is 57.9 Å². The quantitative estimate of drug-likeness (QED) is 0.511. The fraction of sp³-hybridized carbons (Fsp3) is 0.0833. The molecule has 0 aliphatic rings. The molecule has 0 aliphatic carbocycles. The van der Waals surface area contributed by atoms with Gasteiger partial charge in [-0.2, -0.15) is 0 Å². The fourth-order valence-corrected chi connectivity index (χ4v) is 1.31. The molecule has 2 aromatic heterocycles. The van der Waals surface area contributed by atoms with E-state index in [1.807, 2.05) is 36.1 Å². The number of pyridine rings is 2. The first kappa shape index (κ1) is 14.4. The number of carbonyl (C=O) groups is 1. The van der Waals surface area contributed by atoms with E-state index < -0.39 is 0 Å². The van der Waals surface area contributed by atoms with Crippen molar-refractivity contribution in [2.24, 2.45) is 7.05 Å². The largest absolute Gasteiger partial charge is 1.00 e. The van der Waals surface area contributed by atoms with E-state index in [0.29, 0.717) is 5.69 Å². The zero-order chi connectivity index (χ0) is 12.1. The molecule has 0 aliphatic heterocycles. The van der Waals surface area contributed by atoms with Crippen LogP contribution in [0.5, 0.6) is 0 Å². The van der Waals surface area contributed by atoms with Gasteiger partial charge in [0.15, 0.2) is 12.4 Å². The Kier molecular flexibility index (Phi) is 5.50. The van der Waals surface area contributed by atoms with E-state index in [0.717, 1.165) is 5.69 Å². The third-order valence-electron chi connectivity index (χ3n) is 2.17. The van der Waals surface area contributed by atoms with Crippen molar-refractivity contribution in [1.82, 2.24) is 4.98 Å². The molecule has 0 atom stereocenters. The lowest BCUT2D eigenvalue weighted by molar-refractivity contribution is -0.671. The Morgan fingerprint density at radius 3 is 2.11 bits per heavy atom. The van der Waals surface area contributed by atoms with Crippen LogP contribution >= 0.6 is 0 Å². The minimum atomic E-state index is -0.273. The Balaban J connectivity index is 0.00000162. The Hall–Kier alpha value is -1.70. The van der Waals surface area contributed by atoms with E-state index in [1.54, 1.807) is 24.5 Å². The van der Waals surface area contributed by atoms with Crippen molar-refractivity contribution in [2.45, 2.75) is 0 Å². The minimum absolute atomic E-state index is 0. The molecule has 5 nitrogen and oxygen atoms in total. The van der Waals surface area contributed by atoms with Gasteiger partial charge in [0.2, 0.25) is 0 Å². The fourth-order valence-electron chi connectivity index (χ4n) is 1.31. The second kappa shape index (κ2) is 6.90. The second-order valence-electron chi connectivity index (χ2n) is 3.57. The number of hydrogen-bond acceptors (Lipinski definition) is 2. The van der Waals surface area contributed by atoms with Crippen molar-refractivity contribution in [1.29, 1.82) is 0 Å². The Morgan fingerprint density at radius 1 is 1.06 bits per heavy atom. The van der Waals surface area contributed by atoms with Crippen LogP contribution in [-0.2, 0) is 7.05 Å². The first-order chi connectivity index (χ1) is 8.24. The van der Waals surface area contributed by atoms with Crippen LogP contribution in [-0.4, -0.2) is 11.0 Å². The molecule has 2 aromatic rings. The summed E-state index contributed by atoms with van der Waals surface area (Å²) in [6.07, 6.45) is 6.97. The number of aryl methyl sites for hydroxylation is 1. The highest BCUT2D eigenvalue weighted by atomic mass is 127. The van der Waals surface area contributed by atoms with Gasteiger partial charge in [0.1, 0.15) is 7.05 Å². The predicted octanol–water partition coefficient (Wildman–Crippen LogP) is -1.45. The lowest BCUT2D eigenvalue weighted by atomic mass is 10.4. The number of urea groups is 1. The molecule has 2 amide bonds. The van der Waals surface area contributed by atoms with E-state index in [1.165, 1.54) is 0 Å². The van der Waals surface area contributed by atoms with Gasteiger partial charge < -0.3 is 34.6 Å². The summed E-state index contributed by atoms with van der Waals surface area (Å²) in [5.74, 6) is 0. The van der Waals surface area contributed by atoms with Crippen LogP contribution in [0.1, 0.15) is 0 Å². The number of carbonyl (C=O) groups excluding carboxylic acids is 1. The molecule has 2 heterocycles. The summed E-state index contributed by atoms with van der Waals surface area (Å²) < 4.78 is 1.89. The van der Waals surface area contributed by atoms with E-state index in [2.05, 4.69) is 15.6 Å². The molecule has 0 radical (unpaired) electrons. The van der Waals surface area contributed by atoms with Gasteiger partial charge in [-0.05, 0) is 12.1 Å². The molecular formula is C12H13IN4O. The van der Waals surface area contributed by atoms with E-state index in [9.17, 15) is 4.79 Å². The maximum atomic E-state index is 11.6. The van der Waals surface area contributed by atoms with E-state index >= 15 is 0 Å². The number of halogens is 1. The number of nitrogens with one attached hydrogen (secondary N) is 2. The second-order valence-corrected chi connectivity index (χ2v) is 3.57. The SMILES string of the molecule is C[n+]1ccc(NC(=O)Nc2ccncc2)cc1.[I-]. The zero-order valence-corrected chi connectivity index (χ0v) is 12.0. The highest BCUT2D eigenvalue weighted by molar-refractivity contribution is 5.99. The summed E-state index contributed by atoms with van der Waals surface area (Å²) in [6.45, 7) is 0. The molecule has 0 spiro atoms. The lowest BCUT2D eigenvalue weighted by Gasteiger charge is -2.06. The summed E-state index contributed by atoms with van der Waals surface area (Å²) >= 11 is 0. The standard InChI is InChI=1S/C12H12N4O.HI/c1-16-8-4-11(5-9-16)15-12(17)14-10-2-6-13-7-3-10;/h2-9H,1H3,(H,13,14,17);1H. The predicted molar refractivity (Wildman–Crippen MR) is 64.5 cm³/mol. The van der Waals surface area contributed by atoms with Crippen molar-refractivity contribution in [3.8, 4) is 0 Å². The van der Waals surface area contributed by atoms with Gasteiger partial charge >= 0.3 is 6.03 Å². The molecule has 6 heteroatoms. The third-order valence-corrected chi connectivity index (χ3v) is 2.17. The minimum Gasteiger partial charge on any atom is -1.00 e. The highest BCUT2D eigenvalue weighted by Gasteiger charge is 2.02. The van der Waals surface area contributed by atoms with E-state index in [-0.39, 0.29) is 30.0 Å². The summed E-state index contributed by atoms with van der Waals surface area (Å²) in [5.41, 5.74) is 1.45. The van der Waals surface area contributed by atoms with Gasteiger partial charge in [-0.15, -0.1) is 0 Å². The third kappa shape index (κ3) is 4.28. The summed E-state index contributed by atoms with van der Waals surface area (Å²) in [6, 6.07) is 6.83. The molecule has 0 saturated heterocycles. The molecule has 0 bridgehead atoms. The number of nitrogens with zero attached hydrogens (tertiary/aromatic N) is 2. The molecule has 94 valence electrons. The molecule has 18 heavy (non-hydrogen) atoms. The smallest absolute Gasteiger partial charge is 0.323 e. The van der Waals surface area contributed by atoms with Crippen LogP contribution in [0, 0.1) is 0 Å². The Morgan fingerprint density at radius 2 is 1.56 bits per heavy atom. The maximum absolute atomic E-state index is 11.6. The van der Waals surface area contributed by atoms with Crippen LogP contribution in [0.15, 0.2) is 49.1 Å². The Labute approximate surface area is 122 Å². The average molecular weight is 356 g/mol. The monoisotopic (exact) mass is 356 g/mol. The van der Waals surface area contributed by atoms with Crippen molar-refractivity contribution >= 4 is 17.4 Å². The van der Waals surface area contributed by atoms with Gasteiger partial charge in [-0.25, -0.2) is 9.36 Å². The van der Waals surface area contributed by atoms with Crippen LogP contribution in [0.4, 0.5) is 16.2 Å².